The Morgan fingerprint density at radius 1 is 1.12 bits per heavy atom. The first-order valence-electron chi connectivity index (χ1n) is 5.67. The molecule has 2 rings (SSSR count). The van der Waals surface area contributed by atoms with Crippen molar-refractivity contribution in [2.24, 2.45) is 5.84 Å². The molecule has 4 nitrogen and oxygen atoms in total. The van der Waals surface area contributed by atoms with Crippen molar-refractivity contribution in [1.29, 1.82) is 0 Å². The summed E-state index contributed by atoms with van der Waals surface area (Å²) in [5, 5.41) is 7.62. The highest BCUT2D eigenvalue weighted by molar-refractivity contribution is 5.16. The van der Waals surface area contributed by atoms with Crippen LogP contribution in [0, 0.1) is 0 Å². The molecule has 17 heavy (non-hydrogen) atoms. The number of rotatable bonds is 5. The third kappa shape index (κ3) is 3.34. The standard InChI is InChI=1S/C13H16N4/c14-17-13(12-8-9-15-16-10-12)7-6-11-4-2-1-3-5-11/h1-5,8-10,13,17H,6-7,14H2. The smallest absolute Gasteiger partial charge is 0.0544 e. The van der Waals surface area contributed by atoms with Crippen LogP contribution in [0.15, 0.2) is 48.8 Å². The van der Waals surface area contributed by atoms with Gasteiger partial charge in [0, 0.05) is 12.2 Å². The van der Waals surface area contributed by atoms with Gasteiger partial charge in [0.25, 0.3) is 0 Å². The van der Waals surface area contributed by atoms with Crippen LogP contribution in [-0.2, 0) is 6.42 Å². The molecular weight excluding hydrogens is 212 g/mol. The van der Waals surface area contributed by atoms with Crippen molar-refractivity contribution in [2.75, 3.05) is 0 Å². The number of nitrogens with zero attached hydrogens (tertiary/aromatic N) is 2. The molecule has 1 heterocycles. The van der Waals surface area contributed by atoms with E-state index in [1.54, 1.807) is 12.4 Å². The van der Waals surface area contributed by atoms with Crippen molar-refractivity contribution in [2.45, 2.75) is 18.9 Å². The summed E-state index contributed by atoms with van der Waals surface area (Å²) >= 11 is 0. The lowest BCUT2D eigenvalue weighted by atomic mass is 10.0. The largest absolute Gasteiger partial charge is 0.271 e. The summed E-state index contributed by atoms with van der Waals surface area (Å²) in [5.41, 5.74) is 5.20. The first kappa shape index (κ1) is 11.7. The maximum absolute atomic E-state index is 5.57. The quantitative estimate of drug-likeness (QED) is 0.603. The summed E-state index contributed by atoms with van der Waals surface area (Å²) in [5.74, 6) is 5.57. The Kier molecular flexibility index (Phi) is 4.18. The first-order chi connectivity index (χ1) is 8.40. The zero-order valence-corrected chi connectivity index (χ0v) is 9.58. The van der Waals surface area contributed by atoms with Gasteiger partial charge in [-0.2, -0.15) is 10.2 Å². The average molecular weight is 228 g/mol. The maximum atomic E-state index is 5.57. The molecule has 0 radical (unpaired) electrons. The van der Waals surface area contributed by atoms with E-state index < -0.39 is 0 Å². The lowest BCUT2D eigenvalue weighted by molar-refractivity contribution is 0.514. The van der Waals surface area contributed by atoms with Gasteiger partial charge in [-0.15, -0.1) is 0 Å². The molecule has 1 unspecified atom stereocenters. The molecule has 1 aromatic carbocycles. The van der Waals surface area contributed by atoms with E-state index in [4.69, 9.17) is 5.84 Å². The number of hydrazine groups is 1. The molecule has 0 aliphatic rings. The summed E-state index contributed by atoms with van der Waals surface area (Å²) in [6.07, 6.45) is 5.35. The molecule has 0 aliphatic heterocycles. The van der Waals surface area contributed by atoms with Crippen molar-refractivity contribution >= 4 is 0 Å². The SMILES string of the molecule is NNC(CCc1ccccc1)c1ccnnc1. The third-order valence-electron chi connectivity index (χ3n) is 2.78. The molecule has 0 saturated heterocycles. The van der Waals surface area contributed by atoms with Crippen molar-refractivity contribution < 1.29 is 0 Å². The number of benzene rings is 1. The minimum Gasteiger partial charge on any atom is -0.271 e. The lowest BCUT2D eigenvalue weighted by Crippen LogP contribution is -2.28. The van der Waals surface area contributed by atoms with Gasteiger partial charge in [0.1, 0.15) is 0 Å². The average Bonchev–Trinajstić information content (AvgIpc) is 2.42. The summed E-state index contributed by atoms with van der Waals surface area (Å²) in [6.45, 7) is 0. The normalized spacial score (nSPS) is 12.3. The van der Waals surface area contributed by atoms with E-state index in [-0.39, 0.29) is 6.04 Å². The number of hydrogen-bond acceptors (Lipinski definition) is 4. The molecule has 88 valence electrons. The van der Waals surface area contributed by atoms with Gasteiger partial charge in [-0.3, -0.25) is 11.3 Å². The summed E-state index contributed by atoms with van der Waals surface area (Å²) in [4.78, 5) is 0. The van der Waals surface area contributed by atoms with Crippen LogP contribution < -0.4 is 11.3 Å². The van der Waals surface area contributed by atoms with E-state index in [2.05, 4.69) is 27.8 Å². The maximum Gasteiger partial charge on any atom is 0.0544 e. The number of aryl methyl sites for hydroxylation is 1. The van der Waals surface area contributed by atoms with Crippen molar-refractivity contribution in [3.05, 3.63) is 59.9 Å². The highest BCUT2D eigenvalue weighted by atomic mass is 15.2. The van der Waals surface area contributed by atoms with Gasteiger partial charge < -0.3 is 0 Å². The minimum atomic E-state index is 0.116. The molecule has 2 aromatic rings. The van der Waals surface area contributed by atoms with E-state index in [0.717, 1.165) is 18.4 Å². The van der Waals surface area contributed by atoms with E-state index in [1.165, 1.54) is 5.56 Å². The molecule has 0 fully saturated rings. The van der Waals surface area contributed by atoms with Crippen molar-refractivity contribution in [3.8, 4) is 0 Å². The summed E-state index contributed by atoms with van der Waals surface area (Å²) in [7, 11) is 0. The van der Waals surface area contributed by atoms with Gasteiger partial charge in [0.05, 0.1) is 6.20 Å². The Morgan fingerprint density at radius 2 is 1.94 bits per heavy atom. The molecule has 4 heteroatoms. The topological polar surface area (TPSA) is 63.8 Å². The fourth-order valence-electron chi connectivity index (χ4n) is 1.81. The highest BCUT2D eigenvalue weighted by Gasteiger charge is 2.09. The second kappa shape index (κ2) is 6.08. The Labute approximate surface area is 101 Å². The van der Waals surface area contributed by atoms with Crippen LogP contribution in [0.2, 0.25) is 0 Å². The molecule has 1 atom stereocenters. The molecule has 0 spiro atoms. The van der Waals surface area contributed by atoms with E-state index >= 15 is 0 Å². The van der Waals surface area contributed by atoms with Gasteiger partial charge in [-0.1, -0.05) is 30.3 Å². The number of hydrogen-bond donors (Lipinski definition) is 2. The second-order valence-electron chi connectivity index (χ2n) is 3.92. The van der Waals surface area contributed by atoms with Crippen LogP contribution in [-0.4, -0.2) is 10.2 Å². The van der Waals surface area contributed by atoms with E-state index in [1.807, 2.05) is 24.3 Å². The van der Waals surface area contributed by atoms with Crippen LogP contribution in [0.3, 0.4) is 0 Å². The van der Waals surface area contributed by atoms with Gasteiger partial charge in [-0.25, -0.2) is 0 Å². The summed E-state index contributed by atoms with van der Waals surface area (Å²) in [6, 6.07) is 12.4. The predicted octanol–water partition coefficient (Wildman–Crippen LogP) is 1.61. The molecule has 3 N–H and O–H groups in total. The molecule has 0 bridgehead atoms. The van der Waals surface area contributed by atoms with Crippen LogP contribution in [0.5, 0.6) is 0 Å². The highest BCUT2D eigenvalue weighted by Crippen LogP contribution is 2.16. The zero-order valence-electron chi connectivity index (χ0n) is 9.58. The summed E-state index contributed by atoms with van der Waals surface area (Å²) < 4.78 is 0. The lowest BCUT2D eigenvalue weighted by Gasteiger charge is -2.15. The molecule has 0 amide bonds. The zero-order chi connectivity index (χ0) is 11.9. The predicted molar refractivity (Wildman–Crippen MR) is 66.9 cm³/mol. The van der Waals surface area contributed by atoms with E-state index in [9.17, 15) is 0 Å². The van der Waals surface area contributed by atoms with Crippen molar-refractivity contribution in [3.63, 3.8) is 0 Å². The van der Waals surface area contributed by atoms with Gasteiger partial charge in [-0.05, 0) is 30.0 Å². The molecular formula is C13H16N4. The van der Waals surface area contributed by atoms with E-state index in [0.29, 0.717) is 0 Å². The Hall–Kier alpha value is -1.78. The first-order valence-corrected chi connectivity index (χ1v) is 5.67. The Morgan fingerprint density at radius 3 is 2.59 bits per heavy atom. The second-order valence-corrected chi connectivity index (χ2v) is 3.92. The van der Waals surface area contributed by atoms with Crippen LogP contribution >= 0.6 is 0 Å². The number of aromatic nitrogens is 2. The third-order valence-corrected chi connectivity index (χ3v) is 2.78. The van der Waals surface area contributed by atoms with Gasteiger partial charge in [0.15, 0.2) is 0 Å². The molecule has 1 aromatic heterocycles. The van der Waals surface area contributed by atoms with Crippen LogP contribution in [0.1, 0.15) is 23.6 Å². The molecule has 0 saturated carbocycles. The van der Waals surface area contributed by atoms with Crippen LogP contribution in [0.4, 0.5) is 0 Å². The Bertz CT molecular complexity index is 430. The van der Waals surface area contributed by atoms with Gasteiger partial charge >= 0.3 is 0 Å². The fraction of sp³-hybridized carbons (Fsp3) is 0.231. The fourth-order valence-corrected chi connectivity index (χ4v) is 1.81. The van der Waals surface area contributed by atoms with Crippen LogP contribution in [0.25, 0.3) is 0 Å². The monoisotopic (exact) mass is 228 g/mol. The Balaban J connectivity index is 1.97. The molecule has 0 aliphatic carbocycles. The number of nitrogens with two attached hydrogens (primary N) is 1. The van der Waals surface area contributed by atoms with Crippen molar-refractivity contribution in [1.82, 2.24) is 15.6 Å². The minimum absolute atomic E-state index is 0.116. The van der Waals surface area contributed by atoms with Gasteiger partial charge in [0.2, 0.25) is 0 Å². The number of nitrogens with one attached hydrogen (secondary N) is 1.